The smallest absolute Gasteiger partial charge is 0.425 e. The van der Waals surface area contributed by atoms with Crippen molar-refractivity contribution in [3.63, 3.8) is 0 Å². The summed E-state index contributed by atoms with van der Waals surface area (Å²) in [6.45, 7) is 0. The lowest BCUT2D eigenvalue weighted by Crippen LogP contribution is -1.85. The van der Waals surface area contributed by atoms with Crippen molar-refractivity contribution in [1.82, 2.24) is 0 Å². The molecule has 1 aromatic rings. The minimum absolute atomic E-state index is 0.588. The van der Waals surface area contributed by atoms with E-state index in [9.17, 15) is 0 Å². The van der Waals surface area contributed by atoms with Crippen molar-refractivity contribution in [3.8, 4) is 5.75 Å². The molecule has 66 valence electrons. The molecule has 0 saturated heterocycles. The van der Waals surface area contributed by atoms with Crippen molar-refractivity contribution in [2.75, 3.05) is 0 Å². The third kappa shape index (κ3) is 3.13. The molecule has 0 fully saturated rings. The van der Waals surface area contributed by atoms with Crippen molar-refractivity contribution in [2.24, 2.45) is 0 Å². The molecule has 0 N–H and O–H groups in total. The summed E-state index contributed by atoms with van der Waals surface area (Å²) in [5.41, 5.74) is 0. The Kier molecular flexibility index (Phi) is 4.66. The Morgan fingerprint density at radius 3 is 2.08 bits per heavy atom. The Balaban J connectivity index is 2.51. The predicted molar refractivity (Wildman–Crippen MR) is 47.9 cm³/mol. The van der Waals surface area contributed by atoms with Gasteiger partial charge < -0.3 is 4.52 Å². The highest BCUT2D eigenvalue weighted by atomic mass is 35.5. The van der Waals surface area contributed by atoms with Gasteiger partial charge in [-0.05, 0) is 12.1 Å². The molecule has 0 atom stereocenters. The molecule has 6 heteroatoms. The van der Waals surface area contributed by atoms with Crippen molar-refractivity contribution < 1.29 is 12.7 Å². The monoisotopic (exact) mass is 226 g/mol. The second kappa shape index (κ2) is 5.57. The Labute approximate surface area is 81.5 Å². The number of halogens is 2. The van der Waals surface area contributed by atoms with E-state index in [0.29, 0.717) is 5.75 Å². The van der Waals surface area contributed by atoms with Crippen LogP contribution in [0.1, 0.15) is 0 Å². The van der Waals surface area contributed by atoms with Crippen LogP contribution in [0.4, 0.5) is 0 Å². The average Bonchev–Trinajstić information content (AvgIpc) is 2.16. The summed E-state index contributed by atoms with van der Waals surface area (Å²) >= 11 is 10.0. The first-order chi connectivity index (χ1) is 5.86. The Bertz CT molecular complexity index is 217. The molecule has 0 aromatic heterocycles. The normalized spacial score (nSPS) is 10.2. The topological polar surface area (TPSA) is 27.7 Å². The number of para-hydroxylation sites is 1. The molecule has 3 nitrogen and oxygen atoms in total. The van der Waals surface area contributed by atoms with Crippen LogP contribution >= 0.6 is 32.3 Å². The van der Waals surface area contributed by atoms with Crippen molar-refractivity contribution in [2.45, 2.75) is 0 Å². The van der Waals surface area contributed by atoms with Gasteiger partial charge in [-0.15, -0.1) is 0 Å². The van der Waals surface area contributed by atoms with Gasteiger partial charge in [0.15, 0.2) is 0 Å². The molecule has 0 radical (unpaired) electrons. The van der Waals surface area contributed by atoms with Crippen molar-refractivity contribution in [1.29, 1.82) is 0 Å². The zero-order valence-electron chi connectivity index (χ0n) is 5.81. The van der Waals surface area contributed by atoms with Crippen LogP contribution in [0.5, 0.6) is 5.75 Å². The van der Waals surface area contributed by atoms with Crippen LogP contribution in [0.25, 0.3) is 0 Å². The second-order valence-corrected chi connectivity index (χ2v) is 3.50. The van der Waals surface area contributed by atoms with E-state index >= 15 is 0 Å². The average molecular weight is 227 g/mol. The standard InChI is InChI=1S/C6H5Cl2O3P/c7-10-12(11-8)9-6-4-2-1-3-5-6/h1-5H. The first-order valence-corrected chi connectivity index (χ1v) is 4.68. The molecule has 1 aromatic carbocycles. The molecule has 0 unspecified atom stereocenters. The Hall–Kier alpha value is -0.0500. The van der Waals surface area contributed by atoms with Crippen molar-refractivity contribution >= 4 is 32.3 Å². The summed E-state index contributed by atoms with van der Waals surface area (Å²) < 4.78 is 13.6. The van der Waals surface area contributed by atoms with E-state index < -0.39 is 8.60 Å². The highest BCUT2D eigenvalue weighted by Crippen LogP contribution is 2.42. The second-order valence-electron chi connectivity index (χ2n) is 1.77. The molecule has 0 aliphatic rings. The van der Waals surface area contributed by atoms with Gasteiger partial charge in [0.1, 0.15) is 5.75 Å². The minimum Gasteiger partial charge on any atom is -0.425 e. The van der Waals surface area contributed by atoms with Crippen LogP contribution < -0.4 is 4.52 Å². The first kappa shape index (κ1) is 10.0. The number of benzene rings is 1. The molecule has 12 heavy (non-hydrogen) atoms. The number of hydrogen-bond acceptors (Lipinski definition) is 3. The zero-order valence-corrected chi connectivity index (χ0v) is 8.22. The van der Waals surface area contributed by atoms with Gasteiger partial charge in [0.25, 0.3) is 0 Å². The van der Waals surface area contributed by atoms with Gasteiger partial charge in [0, 0.05) is 0 Å². The fraction of sp³-hybridized carbons (Fsp3) is 0. The molecule has 0 aliphatic heterocycles. The van der Waals surface area contributed by atoms with Crippen LogP contribution in [0, 0.1) is 0 Å². The maximum absolute atomic E-state index is 5.07. The fourth-order valence-corrected chi connectivity index (χ4v) is 1.40. The number of hydrogen-bond donors (Lipinski definition) is 0. The Morgan fingerprint density at radius 1 is 1.00 bits per heavy atom. The molecule has 1 rings (SSSR count). The molecular formula is C6H5Cl2O3P. The van der Waals surface area contributed by atoms with E-state index in [-0.39, 0.29) is 0 Å². The summed E-state index contributed by atoms with van der Waals surface area (Å²) in [6.07, 6.45) is 0. The lowest BCUT2D eigenvalue weighted by molar-refractivity contribution is 0.419. The molecule has 0 heterocycles. The highest BCUT2D eigenvalue weighted by Gasteiger charge is 2.12. The summed E-state index contributed by atoms with van der Waals surface area (Å²) in [5.74, 6) is 0.588. The van der Waals surface area contributed by atoms with Gasteiger partial charge in [0.05, 0.1) is 23.7 Å². The highest BCUT2D eigenvalue weighted by molar-refractivity contribution is 7.44. The fourth-order valence-electron chi connectivity index (χ4n) is 0.606. The SMILES string of the molecule is ClOP(OCl)Oc1ccccc1. The Morgan fingerprint density at radius 2 is 1.58 bits per heavy atom. The van der Waals surface area contributed by atoms with Crippen LogP contribution in [-0.4, -0.2) is 0 Å². The summed E-state index contributed by atoms with van der Waals surface area (Å²) in [7, 11) is -1.70. The van der Waals surface area contributed by atoms with E-state index in [1.165, 1.54) is 0 Å². The van der Waals surface area contributed by atoms with Crippen LogP contribution in [0.15, 0.2) is 30.3 Å². The summed E-state index contributed by atoms with van der Waals surface area (Å²) in [5, 5.41) is 0. The lowest BCUT2D eigenvalue weighted by atomic mass is 10.3. The largest absolute Gasteiger partial charge is 0.433 e. The van der Waals surface area contributed by atoms with Gasteiger partial charge in [-0.2, -0.15) is 8.15 Å². The van der Waals surface area contributed by atoms with Gasteiger partial charge >= 0.3 is 8.60 Å². The van der Waals surface area contributed by atoms with E-state index in [4.69, 9.17) is 28.3 Å². The van der Waals surface area contributed by atoms with E-state index in [1.807, 2.05) is 18.2 Å². The van der Waals surface area contributed by atoms with Crippen LogP contribution in [0.3, 0.4) is 0 Å². The molecule has 0 amide bonds. The van der Waals surface area contributed by atoms with E-state index in [2.05, 4.69) is 8.15 Å². The summed E-state index contributed by atoms with van der Waals surface area (Å²) in [6, 6.07) is 8.96. The van der Waals surface area contributed by atoms with Gasteiger partial charge in [-0.1, -0.05) is 18.2 Å². The van der Waals surface area contributed by atoms with E-state index in [0.717, 1.165) is 0 Å². The van der Waals surface area contributed by atoms with Gasteiger partial charge in [-0.3, -0.25) is 0 Å². The van der Waals surface area contributed by atoms with Crippen LogP contribution in [-0.2, 0) is 8.15 Å². The van der Waals surface area contributed by atoms with Crippen LogP contribution in [0.2, 0.25) is 0 Å². The van der Waals surface area contributed by atoms with Gasteiger partial charge in [0.2, 0.25) is 0 Å². The molecule has 0 spiro atoms. The molecule has 0 saturated carbocycles. The first-order valence-electron chi connectivity index (χ1n) is 2.97. The van der Waals surface area contributed by atoms with Gasteiger partial charge in [-0.25, -0.2) is 0 Å². The summed E-state index contributed by atoms with van der Waals surface area (Å²) in [4.78, 5) is 0. The third-order valence-corrected chi connectivity index (χ3v) is 2.30. The lowest BCUT2D eigenvalue weighted by Gasteiger charge is -2.07. The minimum atomic E-state index is -1.70. The zero-order chi connectivity index (χ0) is 8.81. The molecule has 0 aliphatic carbocycles. The number of rotatable bonds is 4. The molecule has 0 bridgehead atoms. The van der Waals surface area contributed by atoms with E-state index in [1.54, 1.807) is 12.1 Å². The quantitative estimate of drug-likeness (QED) is 0.735. The van der Waals surface area contributed by atoms with Crippen molar-refractivity contribution in [3.05, 3.63) is 30.3 Å². The third-order valence-electron chi connectivity index (χ3n) is 1.04. The predicted octanol–water partition coefficient (Wildman–Crippen LogP) is 3.63. The molecular weight excluding hydrogens is 222 g/mol. The maximum Gasteiger partial charge on any atom is 0.433 e. The maximum atomic E-state index is 5.07.